The van der Waals surface area contributed by atoms with Crippen molar-refractivity contribution < 1.29 is 26.2 Å². The number of hydrogen-bond acceptors (Lipinski definition) is 0. The fourth-order valence-electron chi connectivity index (χ4n) is 6.16. The van der Waals surface area contributed by atoms with Crippen LogP contribution in [0.25, 0.3) is 65.3 Å². The van der Waals surface area contributed by atoms with E-state index in [-0.39, 0.29) is 42.4 Å². The topological polar surface area (TPSA) is 0 Å². The third kappa shape index (κ3) is 7.58. The van der Waals surface area contributed by atoms with Crippen LogP contribution < -0.4 is 0 Å². The van der Waals surface area contributed by atoms with E-state index in [1.165, 1.54) is 76.5 Å². The predicted octanol–water partition coefficient (Wildman–Crippen LogP) is 12.7. The van der Waals surface area contributed by atoms with Gasteiger partial charge in [-0.05, 0) is 32.7 Å². The molecule has 0 nitrogen and oxygen atoms in total. The van der Waals surface area contributed by atoms with Crippen molar-refractivity contribution in [2.75, 3.05) is 0 Å². The molecule has 0 radical (unpaired) electrons. The Kier molecular flexibility index (Phi) is 11.9. The first-order valence-electron chi connectivity index (χ1n) is 15.5. The first-order chi connectivity index (χ1) is 21.4. The molecule has 8 aromatic rings. The quantitative estimate of drug-likeness (QED) is 0.125. The number of benzene rings is 6. The average molecular weight is 690 g/mol. The summed E-state index contributed by atoms with van der Waals surface area (Å²) in [5, 5.41) is 10.6. The Morgan fingerprint density at radius 1 is 0.457 bits per heavy atom. The van der Waals surface area contributed by atoms with Crippen molar-refractivity contribution in [3.63, 3.8) is 0 Å². The first-order valence-corrected chi connectivity index (χ1v) is 18.6. The van der Waals surface area contributed by atoms with Crippen molar-refractivity contribution in [3.8, 4) is 22.3 Å². The summed E-state index contributed by atoms with van der Waals surface area (Å²) < 4.78 is 0. The van der Waals surface area contributed by atoms with E-state index < -0.39 is 0 Å². The molecule has 0 aliphatic rings. The maximum absolute atomic E-state index is 3.78. The molecule has 46 heavy (non-hydrogen) atoms. The van der Waals surface area contributed by atoms with E-state index in [0.717, 1.165) is 0 Å². The summed E-state index contributed by atoms with van der Waals surface area (Å²) in [6.45, 7) is 12.5. The molecule has 2 heteroatoms. The van der Waals surface area contributed by atoms with Gasteiger partial charge >= 0.3 is 26.2 Å². The monoisotopic (exact) mass is 688 g/mol. The maximum atomic E-state index is 3.78. The van der Waals surface area contributed by atoms with Crippen LogP contribution in [0, 0.1) is 27.8 Å². The van der Waals surface area contributed by atoms with Crippen molar-refractivity contribution in [1.82, 2.24) is 0 Å². The van der Waals surface area contributed by atoms with Crippen molar-refractivity contribution >= 4 is 51.9 Å². The Morgan fingerprint density at radius 3 is 1.15 bits per heavy atom. The maximum Gasteiger partial charge on any atom is 4.00 e. The predicted molar refractivity (Wildman–Crippen MR) is 205 cm³/mol. The Hall–Kier alpha value is -3.84. The number of rotatable bonds is 2. The number of hydrogen-bond donors (Lipinski definition) is 0. The smallest absolute Gasteiger partial charge is 0.358 e. The zero-order valence-electron chi connectivity index (χ0n) is 27.6. The van der Waals surface area contributed by atoms with Crippen LogP contribution in [-0.2, 0) is 26.2 Å². The van der Waals surface area contributed by atoms with Gasteiger partial charge in [-0.15, -0.1) is 77.9 Å². The Balaban J connectivity index is 0.000000180. The van der Waals surface area contributed by atoms with Gasteiger partial charge in [0.05, 0.1) is 0 Å². The molecule has 0 bridgehead atoms. The number of fused-ring (bicyclic) bond motifs is 4. The molecule has 0 amide bonds. The molecular formula is C44H42SiZr. The fraction of sp³-hybridized carbons (Fsp3) is 0.0909. The minimum atomic E-state index is -0.389. The molecule has 0 fully saturated rings. The summed E-state index contributed by atoms with van der Waals surface area (Å²) in [5.74, 6) is 0. The van der Waals surface area contributed by atoms with Crippen LogP contribution in [0.1, 0.15) is 11.1 Å². The molecule has 8 aromatic carbocycles. The molecule has 0 heterocycles. The normalized spacial score (nSPS) is 10.6. The average Bonchev–Trinajstić information content (AvgIpc) is 3.61. The Morgan fingerprint density at radius 2 is 0.761 bits per heavy atom. The molecule has 0 aromatic heterocycles. The molecular weight excluding hydrogens is 648 g/mol. The minimum absolute atomic E-state index is 0. The summed E-state index contributed by atoms with van der Waals surface area (Å²) in [5.41, 5.74) is 7.94. The van der Waals surface area contributed by atoms with Crippen LogP contribution in [0.3, 0.4) is 0 Å². The molecule has 226 valence electrons. The van der Waals surface area contributed by atoms with Crippen molar-refractivity contribution in [2.45, 2.75) is 26.9 Å². The van der Waals surface area contributed by atoms with Crippen LogP contribution in [0.5, 0.6) is 0 Å². The third-order valence-corrected chi connectivity index (χ3v) is 7.95. The number of aryl methyl sites for hydroxylation is 2. The molecule has 0 saturated heterocycles. The van der Waals surface area contributed by atoms with Gasteiger partial charge in [-0.3, -0.25) is 0 Å². The van der Waals surface area contributed by atoms with Crippen LogP contribution in [0.2, 0.25) is 13.1 Å². The van der Waals surface area contributed by atoms with Gasteiger partial charge in [0.15, 0.2) is 0 Å². The van der Waals surface area contributed by atoms with Gasteiger partial charge in [-0.2, -0.15) is 12.1 Å². The summed E-state index contributed by atoms with van der Waals surface area (Å²) >= 11 is 0. The zero-order valence-corrected chi connectivity index (χ0v) is 31.3. The summed E-state index contributed by atoms with van der Waals surface area (Å²) in [6, 6.07) is 52.5. The minimum Gasteiger partial charge on any atom is -0.358 e. The first kappa shape index (κ1) is 35.0. The molecule has 0 saturated carbocycles. The second-order valence-corrected chi connectivity index (χ2v) is 14.9. The van der Waals surface area contributed by atoms with Gasteiger partial charge in [0.25, 0.3) is 0 Å². The van der Waals surface area contributed by atoms with Gasteiger partial charge < -0.3 is 14.0 Å². The van der Waals surface area contributed by atoms with Crippen LogP contribution >= 0.6 is 0 Å². The van der Waals surface area contributed by atoms with Gasteiger partial charge in [-0.1, -0.05) is 135 Å². The molecule has 0 N–H and O–H groups in total. The summed E-state index contributed by atoms with van der Waals surface area (Å²) in [7, 11) is -0.389. The molecule has 0 unspecified atom stereocenters. The third-order valence-electron chi connectivity index (χ3n) is 7.95. The van der Waals surface area contributed by atoms with E-state index in [9.17, 15) is 0 Å². The second kappa shape index (κ2) is 15.6. The van der Waals surface area contributed by atoms with Gasteiger partial charge in [0.2, 0.25) is 0 Å². The van der Waals surface area contributed by atoms with Crippen LogP contribution in [0.15, 0.2) is 146 Å². The van der Waals surface area contributed by atoms with E-state index in [1.807, 2.05) is 0 Å². The second-order valence-electron chi connectivity index (χ2n) is 12.1. The standard InChI is InChI=1S/2C20H15.C3H9Si.CH3.Zr/c2*1-14-12-16-8-5-11-19(20(16)13-14)18-10-4-7-15-6-2-3-9-17(15)18;1-4(2)3;;/h2*2-13H,1H3;4H,1H2,2-3H3;1H3;/q4*-1;+4. The van der Waals surface area contributed by atoms with Gasteiger partial charge in [-0.25, -0.2) is 0 Å². The van der Waals surface area contributed by atoms with E-state index in [0.29, 0.717) is 0 Å². The van der Waals surface area contributed by atoms with Gasteiger partial charge in [0, 0.05) is 0 Å². The Labute approximate surface area is 296 Å². The fourth-order valence-corrected chi connectivity index (χ4v) is 6.16. The SMILES string of the molecule is Cc1cc2c(-c3cccc4ccccc34)cccc2[cH-]1.Cc1cc2c(-c3cccc4ccccc34)cccc2[cH-]1.[CH2-][SiH](C)C.[CH3-].[Zr+4]. The molecule has 0 aliphatic carbocycles. The van der Waals surface area contributed by atoms with Crippen molar-refractivity contribution in [3.05, 3.63) is 171 Å². The summed E-state index contributed by atoms with van der Waals surface area (Å²) in [6.07, 6.45) is 0. The van der Waals surface area contributed by atoms with E-state index in [1.54, 1.807) is 0 Å². The largest absolute Gasteiger partial charge is 4.00 e. The molecule has 0 atom stereocenters. The van der Waals surface area contributed by atoms with Crippen molar-refractivity contribution in [2.24, 2.45) is 0 Å². The van der Waals surface area contributed by atoms with E-state index in [4.69, 9.17) is 0 Å². The van der Waals surface area contributed by atoms with Crippen molar-refractivity contribution in [1.29, 1.82) is 0 Å². The van der Waals surface area contributed by atoms with E-state index >= 15 is 0 Å². The van der Waals surface area contributed by atoms with E-state index in [2.05, 4.69) is 179 Å². The molecule has 0 aliphatic heterocycles. The Bertz CT molecular complexity index is 2030. The zero-order chi connectivity index (χ0) is 30.6. The van der Waals surface area contributed by atoms with Crippen LogP contribution in [-0.4, -0.2) is 8.80 Å². The van der Waals surface area contributed by atoms with Gasteiger partial charge in [0.1, 0.15) is 0 Å². The summed E-state index contributed by atoms with van der Waals surface area (Å²) in [4.78, 5) is 0. The molecule has 0 spiro atoms. The van der Waals surface area contributed by atoms with Crippen LogP contribution in [0.4, 0.5) is 0 Å². The molecule has 8 rings (SSSR count).